The van der Waals surface area contributed by atoms with E-state index in [4.69, 9.17) is 9.84 Å². The zero-order valence-electron chi connectivity index (χ0n) is 13.2. The van der Waals surface area contributed by atoms with E-state index >= 15 is 0 Å². The third-order valence-electron chi connectivity index (χ3n) is 2.90. The highest BCUT2D eigenvalue weighted by atomic mass is 16.6. The van der Waals surface area contributed by atoms with Crippen LogP contribution >= 0.6 is 0 Å². The molecule has 116 valence electrons. The summed E-state index contributed by atoms with van der Waals surface area (Å²) in [7, 11) is 0. The Morgan fingerprint density at radius 1 is 1.33 bits per heavy atom. The first-order chi connectivity index (χ1) is 9.58. The molecular formula is C16H23NO4. The fourth-order valence-electron chi connectivity index (χ4n) is 1.79. The Bertz CT molecular complexity index is 532. The van der Waals surface area contributed by atoms with Crippen LogP contribution in [-0.2, 0) is 16.0 Å². The molecule has 0 saturated carbocycles. The number of ether oxygens (including phenoxy) is 1. The number of anilines is 1. The molecule has 0 aromatic heterocycles. The maximum atomic E-state index is 11.8. The molecule has 0 aliphatic rings. The Morgan fingerprint density at radius 3 is 2.48 bits per heavy atom. The van der Waals surface area contributed by atoms with Crippen LogP contribution in [0.5, 0.6) is 0 Å². The average Bonchev–Trinajstić information content (AvgIpc) is 2.30. The summed E-state index contributed by atoms with van der Waals surface area (Å²) in [6, 6.07) is 5.52. The number of amides is 1. The van der Waals surface area contributed by atoms with E-state index in [1.807, 2.05) is 19.1 Å². The third-order valence-corrected chi connectivity index (χ3v) is 2.90. The van der Waals surface area contributed by atoms with Crippen LogP contribution in [0.2, 0.25) is 0 Å². The molecule has 1 atom stereocenters. The highest BCUT2D eigenvalue weighted by Crippen LogP contribution is 2.20. The normalized spacial score (nSPS) is 12.6. The van der Waals surface area contributed by atoms with Gasteiger partial charge in [0, 0.05) is 5.69 Å². The first-order valence-electron chi connectivity index (χ1n) is 6.91. The maximum Gasteiger partial charge on any atom is 0.412 e. The number of nitrogens with one attached hydrogen (secondary N) is 1. The van der Waals surface area contributed by atoms with Crippen molar-refractivity contribution in [2.24, 2.45) is 5.92 Å². The standard InChI is InChI=1S/C16H23NO4/c1-10-6-7-12(8-11(2)14(18)19)9-13(10)17-15(20)21-16(3,4)5/h6-7,9,11H,8H2,1-5H3,(H,17,20)(H,18,19). The molecule has 0 aliphatic carbocycles. The van der Waals surface area contributed by atoms with Crippen molar-refractivity contribution in [2.75, 3.05) is 5.32 Å². The van der Waals surface area contributed by atoms with Crippen molar-refractivity contribution in [2.45, 2.75) is 46.6 Å². The lowest BCUT2D eigenvalue weighted by atomic mass is 9.99. The van der Waals surface area contributed by atoms with Gasteiger partial charge in [-0.15, -0.1) is 0 Å². The highest BCUT2D eigenvalue weighted by molar-refractivity contribution is 5.86. The van der Waals surface area contributed by atoms with Crippen LogP contribution in [0.3, 0.4) is 0 Å². The summed E-state index contributed by atoms with van der Waals surface area (Å²) in [5, 5.41) is 11.7. The fourth-order valence-corrected chi connectivity index (χ4v) is 1.79. The van der Waals surface area contributed by atoms with Crippen molar-refractivity contribution in [3.63, 3.8) is 0 Å². The molecule has 2 N–H and O–H groups in total. The molecule has 0 aliphatic heterocycles. The van der Waals surface area contributed by atoms with Gasteiger partial charge in [0.2, 0.25) is 0 Å². The first kappa shape index (κ1) is 17.0. The van der Waals surface area contributed by atoms with E-state index in [0.717, 1.165) is 11.1 Å². The van der Waals surface area contributed by atoms with Gasteiger partial charge >= 0.3 is 12.1 Å². The summed E-state index contributed by atoms with van der Waals surface area (Å²) in [6.45, 7) is 8.92. The number of hydrogen-bond acceptors (Lipinski definition) is 3. The second-order valence-corrected chi connectivity index (χ2v) is 6.22. The molecule has 5 nitrogen and oxygen atoms in total. The summed E-state index contributed by atoms with van der Waals surface area (Å²) in [6.07, 6.45) is -0.104. The number of carboxylic acid groups (broad SMARTS) is 1. The molecule has 0 heterocycles. The number of rotatable bonds is 4. The van der Waals surface area contributed by atoms with Gasteiger partial charge in [0.25, 0.3) is 0 Å². The number of carbonyl (C=O) groups excluding carboxylic acids is 1. The summed E-state index contributed by atoms with van der Waals surface area (Å²) in [5.41, 5.74) is 1.83. The molecule has 0 bridgehead atoms. The summed E-state index contributed by atoms with van der Waals surface area (Å²) in [5.74, 6) is -1.31. The number of carbonyl (C=O) groups is 2. The van der Waals surface area contributed by atoms with Gasteiger partial charge in [-0.25, -0.2) is 4.79 Å². The number of hydrogen-bond donors (Lipinski definition) is 2. The average molecular weight is 293 g/mol. The summed E-state index contributed by atoms with van der Waals surface area (Å²) in [4.78, 5) is 22.7. The van der Waals surface area contributed by atoms with E-state index in [2.05, 4.69) is 5.32 Å². The van der Waals surface area contributed by atoms with Gasteiger partial charge in [-0.05, 0) is 51.3 Å². The van der Waals surface area contributed by atoms with Crippen molar-refractivity contribution in [1.82, 2.24) is 0 Å². The molecule has 0 radical (unpaired) electrons. The number of benzene rings is 1. The van der Waals surface area contributed by atoms with Crippen molar-refractivity contribution >= 4 is 17.7 Å². The van der Waals surface area contributed by atoms with Crippen molar-refractivity contribution in [3.05, 3.63) is 29.3 Å². The molecular weight excluding hydrogens is 270 g/mol. The van der Waals surface area contributed by atoms with Crippen molar-refractivity contribution in [1.29, 1.82) is 0 Å². The predicted octanol–water partition coefficient (Wildman–Crippen LogP) is 3.61. The predicted molar refractivity (Wildman–Crippen MR) is 81.5 cm³/mol. The first-order valence-corrected chi connectivity index (χ1v) is 6.91. The molecule has 1 aromatic rings. The van der Waals surface area contributed by atoms with Gasteiger partial charge in [-0.2, -0.15) is 0 Å². The SMILES string of the molecule is Cc1ccc(CC(C)C(=O)O)cc1NC(=O)OC(C)(C)C. The minimum Gasteiger partial charge on any atom is -0.481 e. The van der Waals surface area contributed by atoms with Gasteiger partial charge in [-0.1, -0.05) is 19.1 Å². The molecule has 5 heteroatoms. The zero-order valence-corrected chi connectivity index (χ0v) is 13.2. The molecule has 0 spiro atoms. The van der Waals surface area contributed by atoms with Crippen LogP contribution in [0.15, 0.2) is 18.2 Å². The Morgan fingerprint density at radius 2 is 1.95 bits per heavy atom. The smallest absolute Gasteiger partial charge is 0.412 e. The van der Waals surface area contributed by atoms with Gasteiger partial charge < -0.3 is 9.84 Å². The maximum absolute atomic E-state index is 11.8. The minimum atomic E-state index is -0.836. The molecule has 0 saturated heterocycles. The molecule has 0 fully saturated rings. The van der Waals surface area contributed by atoms with E-state index in [9.17, 15) is 9.59 Å². The molecule has 1 aromatic carbocycles. The van der Waals surface area contributed by atoms with Crippen LogP contribution in [0.4, 0.5) is 10.5 Å². The van der Waals surface area contributed by atoms with Crippen LogP contribution in [0.25, 0.3) is 0 Å². The second-order valence-electron chi connectivity index (χ2n) is 6.22. The van der Waals surface area contributed by atoms with E-state index in [1.165, 1.54) is 0 Å². The van der Waals surface area contributed by atoms with Gasteiger partial charge in [0.05, 0.1) is 5.92 Å². The van der Waals surface area contributed by atoms with E-state index in [1.54, 1.807) is 33.8 Å². The number of carboxylic acids is 1. The lowest BCUT2D eigenvalue weighted by Gasteiger charge is -2.20. The Labute approximate surface area is 125 Å². The molecule has 1 amide bonds. The van der Waals surface area contributed by atoms with Crippen LogP contribution in [0, 0.1) is 12.8 Å². The molecule has 1 unspecified atom stereocenters. The van der Waals surface area contributed by atoms with E-state index in [0.29, 0.717) is 12.1 Å². The lowest BCUT2D eigenvalue weighted by molar-refractivity contribution is -0.141. The fraction of sp³-hybridized carbons (Fsp3) is 0.500. The summed E-state index contributed by atoms with van der Waals surface area (Å²) < 4.78 is 5.21. The minimum absolute atomic E-state index is 0.415. The van der Waals surface area contributed by atoms with Crippen molar-refractivity contribution < 1.29 is 19.4 Å². The third kappa shape index (κ3) is 5.85. The second kappa shape index (κ2) is 6.61. The Balaban J connectivity index is 2.83. The Hall–Kier alpha value is -2.04. The quantitative estimate of drug-likeness (QED) is 0.889. The zero-order chi connectivity index (χ0) is 16.2. The largest absolute Gasteiger partial charge is 0.481 e. The van der Waals surface area contributed by atoms with Gasteiger partial charge in [0.15, 0.2) is 0 Å². The Kier molecular flexibility index (Phi) is 5.35. The monoisotopic (exact) mass is 293 g/mol. The van der Waals surface area contributed by atoms with Gasteiger partial charge in [0.1, 0.15) is 5.60 Å². The van der Waals surface area contributed by atoms with E-state index in [-0.39, 0.29) is 0 Å². The molecule has 21 heavy (non-hydrogen) atoms. The topological polar surface area (TPSA) is 75.6 Å². The molecule has 1 rings (SSSR count). The van der Waals surface area contributed by atoms with E-state index < -0.39 is 23.6 Å². The lowest BCUT2D eigenvalue weighted by Crippen LogP contribution is -2.27. The van der Waals surface area contributed by atoms with Crippen LogP contribution < -0.4 is 5.32 Å². The highest BCUT2D eigenvalue weighted by Gasteiger charge is 2.17. The van der Waals surface area contributed by atoms with Gasteiger partial charge in [-0.3, -0.25) is 10.1 Å². The summed E-state index contributed by atoms with van der Waals surface area (Å²) >= 11 is 0. The number of aliphatic carboxylic acids is 1. The number of aryl methyl sites for hydroxylation is 1. The van der Waals surface area contributed by atoms with Crippen LogP contribution in [0.1, 0.15) is 38.8 Å². The van der Waals surface area contributed by atoms with Crippen LogP contribution in [-0.4, -0.2) is 22.8 Å². The van der Waals surface area contributed by atoms with Crippen molar-refractivity contribution in [3.8, 4) is 0 Å².